The van der Waals surface area contributed by atoms with Gasteiger partial charge in [0.1, 0.15) is 25.0 Å². The second kappa shape index (κ2) is 12.7. The molecule has 0 atom stereocenters. The monoisotopic (exact) mass is 471 g/mol. The molecule has 0 spiro atoms. The first-order valence-corrected chi connectivity index (χ1v) is 12.6. The fourth-order valence-corrected chi connectivity index (χ4v) is 4.31. The first-order valence-electron chi connectivity index (χ1n) is 12.6. The molecule has 0 radical (unpaired) electrons. The summed E-state index contributed by atoms with van der Waals surface area (Å²) in [6.07, 6.45) is 12.5. The molecule has 4 rings (SSSR count). The van der Waals surface area contributed by atoms with Crippen molar-refractivity contribution in [3.63, 3.8) is 0 Å². The Balaban J connectivity index is 1.14. The minimum atomic E-state index is -0.243. The van der Waals surface area contributed by atoms with Crippen LogP contribution in [0, 0.1) is 0 Å². The number of para-hydroxylation sites is 1. The number of hydrogen-bond donors (Lipinski definition) is 0. The maximum Gasteiger partial charge on any atom is 0.344 e. The highest BCUT2D eigenvalue weighted by Crippen LogP contribution is 2.28. The third kappa shape index (κ3) is 7.19. The number of esters is 1. The molecule has 0 N–H and O–H groups in total. The van der Waals surface area contributed by atoms with Gasteiger partial charge >= 0.3 is 5.97 Å². The summed E-state index contributed by atoms with van der Waals surface area (Å²) in [4.78, 5) is 12.1. The zero-order valence-electron chi connectivity index (χ0n) is 20.6. The highest BCUT2D eigenvalue weighted by molar-refractivity contribution is 5.88. The molecule has 0 saturated heterocycles. The number of hydrogen-bond acceptors (Lipinski definition) is 3. The van der Waals surface area contributed by atoms with E-state index in [4.69, 9.17) is 9.47 Å². The van der Waals surface area contributed by atoms with Gasteiger partial charge in [0.2, 0.25) is 0 Å². The smallest absolute Gasteiger partial charge is 0.344 e. The van der Waals surface area contributed by atoms with E-state index in [1.54, 1.807) is 12.3 Å². The quantitative estimate of drug-likeness (QED) is 0.132. The van der Waals surface area contributed by atoms with Gasteiger partial charge in [0.15, 0.2) is 12.4 Å². The molecule has 2 aromatic carbocycles. The molecule has 0 saturated carbocycles. The number of pyridine rings is 1. The van der Waals surface area contributed by atoms with E-state index < -0.39 is 0 Å². The Hall–Kier alpha value is -3.60. The van der Waals surface area contributed by atoms with E-state index in [9.17, 15) is 4.79 Å². The lowest BCUT2D eigenvalue weighted by molar-refractivity contribution is -0.671. The number of benzene rings is 2. The van der Waals surface area contributed by atoms with Gasteiger partial charge in [-0.05, 0) is 36.6 Å². The van der Waals surface area contributed by atoms with E-state index in [-0.39, 0.29) is 5.97 Å². The molecular formula is C30H35N2O3+. The van der Waals surface area contributed by atoms with Crippen LogP contribution in [0.4, 0.5) is 0 Å². The maximum absolute atomic E-state index is 12.1. The first-order chi connectivity index (χ1) is 17.2. The molecule has 2 aromatic heterocycles. The molecule has 5 nitrogen and oxygen atoms in total. The Morgan fingerprint density at radius 3 is 2.49 bits per heavy atom. The fraction of sp³-hybridized carbons (Fsp3) is 0.333. The number of nitrogens with zero attached hydrogens (tertiary/aromatic N) is 2. The summed E-state index contributed by atoms with van der Waals surface area (Å²) in [5, 5.41) is 1.22. The minimum Gasteiger partial charge on any atom is -0.487 e. The van der Waals surface area contributed by atoms with Gasteiger partial charge in [-0.1, -0.05) is 68.1 Å². The number of ether oxygens (including phenoxy) is 2. The predicted octanol–water partition coefficient (Wildman–Crippen LogP) is 6.24. The van der Waals surface area contributed by atoms with Crippen LogP contribution in [0.3, 0.4) is 0 Å². The third-order valence-electron chi connectivity index (χ3n) is 6.19. The van der Waals surface area contributed by atoms with Crippen molar-refractivity contribution in [1.82, 2.24) is 4.57 Å². The van der Waals surface area contributed by atoms with Gasteiger partial charge in [-0.25, -0.2) is 9.36 Å². The molecule has 2 heterocycles. The SMILES string of the molecule is C[n+]1cccc(C(=O)OCCCCCCCCn2ccc3cccc(OCc4ccccc4)c32)c1. The minimum absolute atomic E-state index is 0.243. The van der Waals surface area contributed by atoms with Crippen LogP contribution in [0.2, 0.25) is 0 Å². The molecular weight excluding hydrogens is 436 g/mol. The van der Waals surface area contributed by atoms with Crippen LogP contribution in [0.25, 0.3) is 10.9 Å². The molecule has 0 amide bonds. The van der Waals surface area contributed by atoms with Crippen molar-refractivity contribution in [2.45, 2.75) is 51.7 Å². The molecule has 5 heteroatoms. The molecule has 35 heavy (non-hydrogen) atoms. The molecule has 0 fully saturated rings. The van der Waals surface area contributed by atoms with Crippen LogP contribution in [0.15, 0.2) is 85.3 Å². The van der Waals surface area contributed by atoms with Crippen molar-refractivity contribution in [3.05, 3.63) is 96.4 Å². The van der Waals surface area contributed by atoms with Gasteiger partial charge in [-0.15, -0.1) is 0 Å². The summed E-state index contributed by atoms with van der Waals surface area (Å²) in [6.45, 7) is 2.05. The summed E-state index contributed by atoms with van der Waals surface area (Å²) in [6, 6.07) is 22.4. The van der Waals surface area contributed by atoms with Gasteiger partial charge in [-0.2, -0.15) is 0 Å². The normalized spacial score (nSPS) is 11.0. The topological polar surface area (TPSA) is 44.3 Å². The van der Waals surface area contributed by atoms with Gasteiger partial charge in [-0.3, -0.25) is 0 Å². The fourth-order valence-electron chi connectivity index (χ4n) is 4.31. The number of carbonyl (C=O) groups excluding carboxylic acids is 1. The first kappa shape index (κ1) is 24.5. The largest absolute Gasteiger partial charge is 0.487 e. The van der Waals surface area contributed by atoms with E-state index in [1.165, 1.54) is 29.3 Å². The number of aromatic nitrogens is 2. The van der Waals surface area contributed by atoms with Crippen LogP contribution in [-0.2, 0) is 24.9 Å². The van der Waals surface area contributed by atoms with Crippen molar-refractivity contribution in [1.29, 1.82) is 0 Å². The van der Waals surface area contributed by atoms with Crippen molar-refractivity contribution < 1.29 is 18.8 Å². The number of unbranched alkanes of at least 4 members (excludes halogenated alkanes) is 5. The van der Waals surface area contributed by atoms with Crippen LogP contribution < -0.4 is 9.30 Å². The average Bonchev–Trinajstić information content (AvgIpc) is 3.30. The summed E-state index contributed by atoms with van der Waals surface area (Å²) < 4.78 is 15.7. The summed E-state index contributed by atoms with van der Waals surface area (Å²) in [5.41, 5.74) is 2.95. The van der Waals surface area contributed by atoms with E-state index in [1.807, 2.05) is 42.1 Å². The number of fused-ring (bicyclic) bond motifs is 1. The lowest BCUT2D eigenvalue weighted by Crippen LogP contribution is -2.28. The average molecular weight is 472 g/mol. The zero-order valence-corrected chi connectivity index (χ0v) is 20.6. The maximum atomic E-state index is 12.1. The van der Waals surface area contributed by atoms with E-state index in [0.29, 0.717) is 18.8 Å². The van der Waals surface area contributed by atoms with E-state index in [0.717, 1.165) is 38.0 Å². The molecule has 0 aliphatic carbocycles. The number of carbonyl (C=O) groups is 1. The Kier molecular flexibility index (Phi) is 8.93. The standard InChI is InChI=1S/C30H35N2O3/c1-31-19-12-16-27(23-31)30(33)34-22-10-5-3-2-4-9-20-32-21-18-26-15-11-17-28(29(26)32)35-24-25-13-7-6-8-14-25/h6-8,11-19,21,23H,2-5,9-10,20,22,24H2,1H3/q+1. The predicted molar refractivity (Wildman–Crippen MR) is 138 cm³/mol. The molecule has 0 bridgehead atoms. The van der Waals surface area contributed by atoms with Gasteiger partial charge in [0.05, 0.1) is 12.1 Å². The molecule has 0 unspecified atom stereocenters. The Morgan fingerprint density at radius 2 is 1.66 bits per heavy atom. The van der Waals surface area contributed by atoms with Crippen LogP contribution in [-0.4, -0.2) is 17.1 Å². The number of aryl methyl sites for hydroxylation is 2. The zero-order chi connectivity index (χ0) is 24.3. The van der Waals surface area contributed by atoms with Crippen molar-refractivity contribution >= 4 is 16.9 Å². The second-order valence-corrected chi connectivity index (χ2v) is 8.99. The Labute approximate surface area is 207 Å². The van der Waals surface area contributed by atoms with Gasteiger partial charge in [0.25, 0.3) is 0 Å². The highest BCUT2D eigenvalue weighted by Gasteiger charge is 2.10. The lowest BCUT2D eigenvalue weighted by atomic mass is 10.1. The summed E-state index contributed by atoms with van der Waals surface area (Å²) in [7, 11) is 1.90. The molecule has 0 aliphatic rings. The van der Waals surface area contributed by atoms with Crippen LogP contribution in [0.5, 0.6) is 5.75 Å². The third-order valence-corrected chi connectivity index (χ3v) is 6.19. The number of rotatable bonds is 13. The van der Waals surface area contributed by atoms with Gasteiger partial charge in [0, 0.05) is 24.2 Å². The van der Waals surface area contributed by atoms with Crippen molar-refractivity contribution in [2.75, 3.05) is 6.61 Å². The van der Waals surface area contributed by atoms with Crippen LogP contribution >= 0.6 is 0 Å². The van der Waals surface area contributed by atoms with Gasteiger partial charge < -0.3 is 14.0 Å². The Bertz CT molecular complexity index is 1220. The molecule has 4 aromatic rings. The molecule has 182 valence electrons. The second-order valence-electron chi connectivity index (χ2n) is 8.99. The summed E-state index contributed by atoms with van der Waals surface area (Å²) in [5.74, 6) is 0.697. The van der Waals surface area contributed by atoms with E-state index >= 15 is 0 Å². The van der Waals surface area contributed by atoms with Crippen molar-refractivity contribution in [3.8, 4) is 5.75 Å². The Morgan fingerprint density at radius 1 is 0.857 bits per heavy atom. The highest BCUT2D eigenvalue weighted by atomic mass is 16.5. The van der Waals surface area contributed by atoms with Crippen molar-refractivity contribution in [2.24, 2.45) is 7.05 Å². The van der Waals surface area contributed by atoms with Crippen LogP contribution in [0.1, 0.15) is 54.4 Å². The molecule has 0 aliphatic heterocycles. The summed E-state index contributed by atoms with van der Waals surface area (Å²) >= 11 is 0. The van der Waals surface area contributed by atoms with E-state index in [2.05, 4.69) is 47.2 Å². The lowest BCUT2D eigenvalue weighted by Gasteiger charge is -2.12.